The highest BCUT2D eigenvalue weighted by Gasteiger charge is 2.11. The maximum Gasteiger partial charge on any atom is 0.226 e. The Kier molecular flexibility index (Phi) is 4.06. The molecule has 0 aromatic carbocycles. The number of halogens is 1. The van der Waals surface area contributed by atoms with Gasteiger partial charge in [0.1, 0.15) is 5.52 Å². The molecule has 0 saturated carbocycles. The first-order valence-electron chi connectivity index (χ1n) is 5.41. The van der Waals surface area contributed by atoms with E-state index in [1.54, 1.807) is 6.33 Å². The fourth-order valence-electron chi connectivity index (χ4n) is 1.48. The van der Waals surface area contributed by atoms with Gasteiger partial charge in [-0.1, -0.05) is 6.92 Å². The van der Waals surface area contributed by atoms with Gasteiger partial charge in [0, 0.05) is 11.8 Å². The van der Waals surface area contributed by atoms with E-state index >= 15 is 0 Å². The van der Waals surface area contributed by atoms with Crippen molar-refractivity contribution in [1.29, 1.82) is 0 Å². The lowest BCUT2D eigenvalue weighted by molar-refractivity contribution is 0.902. The van der Waals surface area contributed by atoms with Crippen molar-refractivity contribution in [1.82, 2.24) is 19.9 Å². The lowest BCUT2D eigenvalue weighted by Crippen LogP contribution is -2.19. The first-order chi connectivity index (χ1) is 8.20. The van der Waals surface area contributed by atoms with Gasteiger partial charge in [-0.25, -0.2) is 4.98 Å². The normalized spacial score (nSPS) is 12.9. The minimum atomic E-state index is 0.211. The van der Waals surface area contributed by atoms with E-state index in [4.69, 9.17) is 11.6 Å². The molecule has 0 amide bonds. The third kappa shape index (κ3) is 3.01. The van der Waals surface area contributed by atoms with Crippen LogP contribution in [0.3, 0.4) is 0 Å². The average Bonchev–Trinajstić information content (AvgIpc) is 2.74. The SMILES string of the molecule is CCSCC(C)Nc1nc(Cl)nc2nc[nH]c12. The van der Waals surface area contributed by atoms with Gasteiger partial charge in [0.25, 0.3) is 0 Å². The molecule has 2 aromatic rings. The zero-order valence-corrected chi connectivity index (χ0v) is 11.3. The van der Waals surface area contributed by atoms with E-state index in [2.05, 4.69) is 39.1 Å². The summed E-state index contributed by atoms with van der Waals surface area (Å²) < 4.78 is 0. The largest absolute Gasteiger partial charge is 0.365 e. The van der Waals surface area contributed by atoms with E-state index in [9.17, 15) is 0 Å². The van der Waals surface area contributed by atoms with Crippen LogP contribution in [0.25, 0.3) is 11.2 Å². The maximum atomic E-state index is 5.85. The summed E-state index contributed by atoms with van der Waals surface area (Å²) in [5.74, 6) is 2.84. The number of aromatic amines is 1. The summed E-state index contributed by atoms with van der Waals surface area (Å²) in [5.41, 5.74) is 1.38. The Hall–Kier alpha value is -1.01. The molecule has 0 spiro atoms. The third-order valence-electron chi connectivity index (χ3n) is 2.21. The number of fused-ring (bicyclic) bond motifs is 1. The number of rotatable bonds is 5. The molecule has 2 heterocycles. The van der Waals surface area contributed by atoms with E-state index in [1.165, 1.54) is 0 Å². The molecule has 2 rings (SSSR count). The molecule has 0 fully saturated rings. The molecule has 1 unspecified atom stereocenters. The molecule has 0 bridgehead atoms. The number of hydrogen-bond donors (Lipinski definition) is 2. The Balaban J connectivity index is 2.19. The van der Waals surface area contributed by atoms with Crippen LogP contribution in [-0.4, -0.2) is 37.5 Å². The van der Waals surface area contributed by atoms with E-state index in [1.807, 2.05) is 11.8 Å². The molecule has 0 aliphatic carbocycles. The van der Waals surface area contributed by atoms with Crippen LogP contribution in [0.5, 0.6) is 0 Å². The predicted molar refractivity (Wildman–Crippen MR) is 72.8 cm³/mol. The van der Waals surface area contributed by atoms with Crippen LogP contribution in [-0.2, 0) is 0 Å². The lowest BCUT2D eigenvalue weighted by Gasteiger charge is -2.13. The number of thioether (sulfide) groups is 1. The number of imidazole rings is 1. The predicted octanol–water partition coefficient (Wildman–Crippen LogP) is 2.56. The summed E-state index contributed by atoms with van der Waals surface area (Å²) in [4.78, 5) is 15.3. The zero-order chi connectivity index (χ0) is 12.3. The van der Waals surface area contributed by atoms with Gasteiger partial charge >= 0.3 is 0 Å². The number of nitrogens with one attached hydrogen (secondary N) is 2. The van der Waals surface area contributed by atoms with Crippen LogP contribution in [0.2, 0.25) is 5.28 Å². The maximum absolute atomic E-state index is 5.85. The molecule has 0 saturated heterocycles. The van der Waals surface area contributed by atoms with Crippen molar-refractivity contribution in [2.45, 2.75) is 19.9 Å². The standard InChI is InChI=1S/C10H14ClN5S/c1-3-17-4-6(2)14-9-7-8(13-5-12-7)15-10(11)16-9/h5-6H,3-4H2,1-2H3,(H2,12,13,14,15,16). The van der Waals surface area contributed by atoms with Crippen LogP contribution < -0.4 is 5.32 Å². The fraction of sp³-hybridized carbons (Fsp3) is 0.500. The summed E-state index contributed by atoms with van der Waals surface area (Å²) in [7, 11) is 0. The quantitative estimate of drug-likeness (QED) is 0.818. The molecule has 7 heteroatoms. The van der Waals surface area contributed by atoms with Crippen molar-refractivity contribution < 1.29 is 0 Å². The minimum Gasteiger partial charge on any atom is -0.365 e. The topological polar surface area (TPSA) is 66.5 Å². The van der Waals surface area contributed by atoms with Crippen LogP contribution in [0.4, 0.5) is 5.82 Å². The van der Waals surface area contributed by atoms with Crippen LogP contribution in [0, 0.1) is 0 Å². The third-order valence-corrected chi connectivity index (χ3v) is 3.53. The molecule has 17 heavy (non-hydrogen) atoms. The van der Waals surface area contributed by atoms with E-state index in [0.29, 0.717) is 17.5 Å². The van der Waals surface area contributed by atoms with Crippen LogP contribution in [0.1, 0.15) is 13.8 Å². The average molecular weight is 272 g/mol. The van der Waals surface area contributed by atoms with Crippen molar-refractivity contribution in [2.24, 2.45) is 0 Å². The highest BCUT2D eigenvalue weighted by atomic mass is 35.5. The number of hydrogen-bond acceptors (Lipinski definition) is 5. The van der Waals surface area contributed by atoms with Gasteiger partial charge in [0.15, 0.2) is 11.5 Å². The van der Waals surface area contributed by atoms with E-state index < -0.39 is 0 Å². The van der Waals surface area contributed by atoms with Gasteiger partial charge in [-0.3, -0.25) is 0 Å². The molecule has 5 nitrogen and oxygen atoms in total. The van der Waals surface area contributed by atoms with Crippen molar-refractivity contribution in [3.05, 3.63) is 11.6 Å². The summed E-state index contributed by atoms with van der Waals surface area (Å²) in [6.07, 6.45) is 1.59. The molecule has 0 aliphatic rings. The van der Waals surface area contributed by atoms with Gasteiger partial charge in [0.05, 0.1) is 6.33 Å². The number of aromatic nitrogens is 4. The molecule has 0 aliphatic heterocycles. The first-order valence-corrected chi connectivity index (χ1v) is 6.95. The summed E-state index contributed by atoms with van der Waals surface area (Å²) in [5, 5.41) is 3.53. The lowest BCUT2D eigenvalue weighted by atomic mass is 10.4. The molecule has 1 atom stereocenters. The molecular weight excluding hydrogens is 258 g/mol. The number of H-pyrrole nitrogens is 1. The second kappa shape index (κ2) is 5.55. The van der Waals surface area contributed by atoms with Gasteiger partial charge in [-0.2, -0.15) is 21.7 Å². The second-order valence-electron chi connectivity index (χ2n) is 3.65. The first kappa shape index (κ1) is 12.4. The Morgan fingerprint density at radius 1 is 1.53 bits per heavy atom. The summed E-state index contributed by atoms with van der Waals surface area (Å²) in [6, 6.07) is 0.317. The number of anilines is 1. The Morgan fingerprint density at radius 2 is 2.35 bits per heavy atom. The highest BCUT2D eigenvalue weighted by molar-refractivity contribution is 7.99. The monoisotopic (exact) mass is 271 g/mol. The highest BCUT2D eigenvalue weighted by Crippen LogP contribution is 2.19. The van der Waals surface area contributed by atoms with Crippen molar-refractivity contribution in [3.63, 3.8) is 0 Å². The van der Waals surface area contributed by atoms with Crippen molar-refractivity contribution in [2.75, 3.05) is 16.8 Å². The Labute approximate surface area is 109 Å². The zero-order valence-electron chi connectivity index (χ0n) is 9.70. The van der Waals surface area contributed by atoms with Crippen molar-refractivity contribution in [3.8, 4) is 0 Å². The van der Waals surface area contributed by atoms with E-state index in [0.717, 1.165) is 17.0 Å². The summed E-state index contributed by atoms with van der Waals surface area (Å²) >= 11 is 7.73. The van der Waals surface area contributed by atoms with Gasteiger partial charge in [-0.15, -0.1) is 0 Å². The number of nitrogens with zero attached hydrogens (tertiary/aromatic N) is 3. The molecule has 2 N–H and O–H groups in total. The van der Waals surface area contributed by atoms with Gasteiger partial charge < -0.3 is 10.3 Å². The van der Waals surface area contributed by atoms with Gasteiger partial charge in [-0.05, 0) is 24.3 Å². The smallest absolute Gasteiger partial charge is 0.226 e. The Morgan fingerprint density at radius 3 is 3.12 bits per heavy atom. The molecule has 2 aromatic heterocycles. The summed E-state index contributed by atoms with van der Waals surface area (Å²) in [6.45, 7) is 4.26. The second-order valence-corrected chi connectivity index (χ2v) is 5.30. The molecule has 92 valence electrons. The van der Waals surface area contributed by atoms with Crippen LogP contribution in [0.15, 0.2) is 6.33 Å². The molecular formula is C10H14ClN5S. The fourth-order valence-corrected chi connectivity index (χ4v) is 2.32. The van der Waals surface area contributed by atoms with Crippen molar-refractivity contribution >= 4 is 40.3 Å². The van der Waals surface area contributed by atoms with Crippen LogP contribution >= 0.6 is 23.4 Å². The van der Waals surface area contributed by atoms with E-state index in [-0.39, 0.29) is 5.28 Å². The minimum absolute atomic E-state index is 0.211. The molecule has 0 radical (unpaired) electrons. The Bertz CT molecular complexity index is 500. The van der Waals surface area contributed by atoms with Gasteiger partial charge in [0.2, 0.25) is 5.28 Å².